The summed E-state index contributed by atoms with van der Waals surface area (Å²) in [7, 11) is 0. The number of benzene rings is 2. The fraction of sp³-hybridized carbons (Fsp3) is 0.133. The maximum Gasteiger partial charge on any atom is 0.167 e. The SMILES string of the molecule is Cc1c(N)cccc1C(=O)Cc1ccc(F)cc1. The van der Waals surface area contributed by atoms with Crippen LogP contribution < -0.4 is 5.73 Å². The molecule has 2 N–H and O–H groups in total. The van der Waals surface area contributed by atoms with E-state index in [1.54, 1.807) is 30.3 Å². The van der Waals surface area contributed by atoms with Gasteiger partial charge >= 0.3 is 0 Å². The second-order valence-corrected chi connectivity index (χ2v) is 4.25. The summed E-state index contributed by atoms with van der Waals surface area (Å²) < 4.78 is 12.8. The molecule has 0 spiro atoms. The van der Waals surface area contributed by atoms with E-state index in [0.29, 0.717) is 11.3 Å². The summed E-state index contributed by atoms with van der Waals surface area (Å²) >= 11 is 0. The maximum atomic E-state index is 12.8. The Morgan fingerprint density at radius 1 is 1.17 bits per heavy atom. The average Bonchev–Trinajstić information content (AvgIpc) is 2.35. The van der Waals surface area contributed by atoms with Crippen LogP contribution in [0.4, 0.5) is 10.1 Å². The third-order valence-corrected chi connectivity index (χ3v) is 2.95. The van der Waals surface area contributed by atoms with Crippen LogP contribution in [-0.2, 0) is 6.42 Å². The summed E-state index contributed by atoms with van der Waals surface area (Å²) in [5, 5.41) is 0. The minimum Gasteiger partial charge on any atom is -0.398 e. The zero-order valence-corrected chi connectivity index (χ0v) is 10.1. The summed E-state index contributed by atoms with van der Waals surface area (Å²) in [5.41, 5.74) is 8.60. The molecule has 2 nitrogen and oxygen atoms in total. The summed E-state index contributed by atoms with van der Waals surface area (Å²) in [6, 6.07) is 11.2. The van der Waals surface area contributed by atoms with Crippen LogP contribution in [0.5, 0.6) is 0 Å². The molecular formula is C15H14FNO. The van der Waals surface area contributed by atoms with Gasteiger partial charge < -0.3 is 5.73 Å². The monoisotopic (exact) mass is 243 g/mol. The molecule has 18 heavy (non-hydrogen) atoms. The van der Waals surface area contributed by atoms with Crippen molar-refractivity contribution < 1.29 is 9.18 Å². The molecule has 0 aliphatic heterocycles. The van der Waals surface area contributed by atoms with Crippen LogP contribution in [0.25, 0.3) is 0 Å². The Kier molecular flexibility index (Phi) is 3.42. The van der Waals surface area contributed by atoms with Crippen LogP contribution in [0.3, 0.4) is 0 Å². The van der Waals surface area contributed by atoms with Crippen molar-refractivity contribution in [3.05, 3.63) is 65.0 Å². The van der Waals surface area contributed by atoms with Crippen LogP contribution in [-0.4, -0.2) is 5.78 Å². The van der Waals surface area contributed by atoms with Crippen molar-refractivity contribution in [2.45, 2.75) is 13.3 Å². The van der Waals surface area contributed by atoms with Crippen molar-refractivity contribution in [2.24, 2.45) is 0 Å². The molecule has 2 aromatic rings. The summed E-state index contributed by atoms with van der Waals surface area (Å²) in [6.07, 6.45) is 0.255. The number of ketones is 1. The zero-order chi connectivity index (χ0) is 13.1. The van der Waals surface area contributed by atoms with E-state index in [9.17, 15) is 9.18 Å². The third kappa shape index (κ3) is 2.56. The van der Waals surface area contributed by atoms with E-state index in [1.165, 1.54) is 12.1 Å². The molecular weight excluding hydrogens is 229 g/mol. The van der Waals surface area contributed by atoms with Gasteiger partial charge in [-0.05, 0) is 36.2 Å². The van der Waals surface area contributed by atoms with Gasteiger partial charge in [0.1, 0.15) is 5.82 Å². The summed E-state index contributed by atoms with van der Waals surface area (Å²) in [5.74, 6) is -0.308. The first-order valence-corrected chi connectivity index (χ1v) is 5.70. The van der Waals surface area contributed by atoms with Crippen LogP contribution in [0.15, 0.2) is 42.5 Å². The molecule has 0 heterocycles. The predicted molar refractivity (Wildman–Crippen MR) is 70.0 cm³/mol. The van der Waals surface area contributed by atoms with Gasteiger partial charge in [0.05, 0.1) is 0 Å². The number of carbonyl (C=O) groups excluding carboxylic acids is 1. The number of anilines is 1. The van der Waals surface area contributed by atoms with Gasteiger partial charge in [-0.3, -0.25) is 4.79 Å². The molecule has 92 valence electrons. The highest BCUT2D eigenvalue weighted by molar-refractivity contribution is 5.99. The maximum absolute atomic E-state index is 12.8. The largest absolute Gasteiger partial charge is 0.398 e. The normalized spacial score (nSPS) is 10.3. The molecule has 0 bridgehead atoms. The molecule has 0 aliphatic carbocycles. The Hall–Kier alpha value is -2.16. The fourth-order valence-corrected chi connectivity index (χ4v) is 1.84. The van der Waals surface area contributed by atoms with E-state index in [0.717, 1.165) is 11.1 Å². The number of halogens is 1. The number of nitrogen functional groups attached to an aromatic ring is 1. The van der Waals surface area contributed by atoms with Gasteiger partial charge in [0.2, 0.25) is 0 Å². The van der Waals surface area contributed by atoms with Gasteiger partial charge in [-0.25, -0.2) is 4.39 Å². The molecule has 2 aromatic carbocycles. The Bertz CT molecular complexity index is 576. The van der Waals surface area contributed by atoms with Gasteiger partial charge in [-0.15, -0.1) is 0 Å². The summed E-state index contributed by atoms with van der Waals surface area (Å²) in [6.45, 7) is 1.83. The highest BCUT2D eigenvalue weighted by Gasteiger charge is 2.11. The van der Waals surface area contributed by atoms with Gasteiger partial charge in [0.15, 0.2) is 5.78 Å². The van der Waals surface area contributed by atoms with E-state index < -0.39 is 0 Å². The van der Waals surface area contributed by atoms with Crippen LogP contribution >= 0.6 is 0 Å². The van der Waals surface area contributed by atoms with Crippen molar-refractivity contribution in [1.29, 1.82) is 0 Å². The van der Waals surface area contributed by atoms with E-state index >= 15 is 0 Å². The topological polar surface area (TPSA) is 43.1 Å². The first-order valence-electron chi connectivity index (χ1n) is 5.70. The highest BCUT2D eigenvalue weighted by atomic mass is 19.1. The number of nitrogens with two attached hydrogens (primary N) is 1. The molecule has 0 fully saturated rings. The molecule has 0 unspecified atom stereocenters. The lowest BCUT2D eigenvalue weighted by Crippen LogP contribution is -2.07. The predicted octanol–water partition coefficient (Wildman–Crippen LogP) is 3.14. The second kappa shape index (κ2) is 5.00. The van der Waals surface area contributed by atoms with Gasteiger partial charge in [-0.2, -0.15) is 0 Å². The lowest BCUT2D eigenvalue weighted by atomic mass is 9.98. The fourth-order valence-electron chi connectivity index (χ4n) is 1.84. The van der Waals surface area contributed by atoms with Crippen LogP contribution in [0, 0.1) is 12.7 Å². The molecule has 0 amide bonds. The van der Waals surface area contributed by atoms with E-state index in [-0.39, 0.29) is 18.0 Å². The summed E-state index contributed by atoms with van der Waals surface area (Å²) in [4.78, 5) is 12.1. The van der Waals surface area contributed by atoms with Crippen molar-refractivity contribution >= 4 is 11.5 Å². The molecule has 0 radical (unpaired) electrons. The van der Waals surface area contributed by atoms with Crippen molar-refractivity contribution in [2.75, 3.05) is 5.73 Å². The molecule has 0 aliphatic rings. The molecule has 0 saturated heterocycles. The van der Waals surface area contributed by atoms with Crippen molar-refractivity contribution in [1.82, 2.24) is 0 Å². The Morgan fingerprint density at radius 3 is 2.50 bits per heavy atom. The number of Topliss-reactive ketones (excluding diaryl/α,β-unsaturated/α-hetero) is 1. The standard InChI is InChI=1S/C15H14FNO/c1-10-13(3-2-4-14(10)17)15(18)9-11-5-7-12(16)8-6-11/h2-8H,9,17H2,1H3. The third-order valence-electron chi connectivity index (χ3n) is 2.95. The molecule has 0 saturated carbocycles. The smallest absolute Gasteiger partial charge is 0.167 e. The Labute approximate surface area is 105 Å². The number of hydrogen-bond acceptors (Lipinski definition) is 2. The Balaban J connectivity index is 2.22. The first kappa shape index (κ1) is 12.3. The van der Waals surface area contributed by atoms with Crippen molar-refractivity contribution in [3.8, 4) is 0 Å². The van der Waals surface area contributed by atoms with Gasteiger partial charge in [0.25, 0.3) is 0 Å². The molecule has 3 heteroatoms. The lowest BCUT2D eigenvalue weighted by Gasteiger charge is -2.07. The minimum atomic E-state index is -0.300. The van der Waals surface area contributed by atoms with E-state index in [1.807, 2.05) is 6.92 Å². The van der Waals surface area contributed by atoms with Crippen LogP contribution in [0.1, 0.15) is 21.5 Å². The number of rotatable bonds is 3. The minimum absolute atomic E-state index is 0.00796. The number of carbonyl (C=O) groups is 1. The number of hydrogen-bond donors (Lipinski definition) is 1. The molecule has 0 atom stereocenters. The Morgan fingerprint density at radius 2 is 1.83 bits per heavy atom. The van der Waals surface area contributed by atoms with E-state index in [2.05, 4.69) is 0 Å². The second-order valence-electron chi connectivity index (χ2n) is 4.25. The molecule has 0 aromatic heterocycles. The van der Waals surface area contributed by atoms with E-state index in [4.69, 9.17) is 5.73 Å². The molecule has 2 rings (SSSR count). The van der Waals surface area contributed by atoms with Gasteiger partial charge in [0, 0.05) is 17.7 Å². The first-order chi connectivity index (χ1) is 8.58. The average molecular weight is 243 g/mol. The highest BCUT2D eigenvalue weighted by Crippen LogP contribution is 2.17. The van der Waals surface area contributed by atoms with Crippen LogP contribution in [0.2, 0.25) is 0 Å². The zero-order valence-electron chi connectivity index (χ0n) is 10.1. The van der Waals surface area contributed by atoms with Crippen molar-refractivity contribution in [3.63, 3.8) is 0 Å². The van der Waals surface area contributed by atoms with Gasteiger partial charge in [-0.1, -0.05) is 24.3 Å². The quantitative estimate of drug-likeness (QED) is 0.664. The lowest BCUT2D eigenvalue weighted by molar-refractivity contribution is 0.0992.